The molecule has 0 atom stereocenters. The Morgan fingerprint density at radius 3 is 2.85 bits per heavy atom. The number of thiazole rings is 1. The third-order valence-corrected chi connectivity index (χ3v) is 4.29. The summed E-state index contributed by atoms with van der Waals surface area (Å²) in [6.45, 7) is 1.09. The first-order valence-corrected chi connectivity index (χ1v) is 8.82. The fourth-order valence-corrected chi connectivity index (χ4v) is 3.08. The number of nitrogens with one attached hydrogen (secondary N) is 2. The second kappa shape index (κ2) is 6.38. The first kappa shape index (κ1) is 15.0. The molecule has 0 saturated heterocycles. The average molecular weight is 315 g/mol. The second-order valence-corrected chi connectivity index (χ2v) is 7.16. The summed E-state index contributed by atoms with van der Waals surface area (Å²) in [5, 5.41) is 4.02. The molecule has 0 saturated carbocycles. The van der Waals surface area contributed by atoms with Gasteiger partial charge in [0.2, 0.25) is 10.0 Å². The first-order chi connectivity index (χ1) is 9.48. The van der Waals surface area contributed by atoms with E-state index in [9.17, 15) is 8.42 Å². The van der Waals surface area contributed by atoms with Gasteiger partial charge in [-0.15, -0.1) is 0 Å². The molecule has 110 valence electrons. The van der Waals surface area contributed by atoms with Crippen molar-refractivity contribution in [2.24, 2.45) is 0 Å². The topological polar surface area (TPSA) is 80.3 Å². The van der Waals surface area contributed by atoms with E-state index in [-0.39, 0.29) is 0 Å². The van der Waals surface area contributed by atoms with Crippen molar-refractivity contribution >= 4 is 36.7 Å². The maximum Gasteiger partial charge on any atom is 0.208 e. The zero-order chi connectivity index (χ0) is 14.6. The van der Waals surface area contributed by atoms with Crippen LogP contribution in [-0.4, -0.2) is 39.9 Å². The summed E-state index contributed by atoms with van der Waals surface area (Å²) in [6.07, 6.45) is 1.85. The van der Waals surface area contributed by atoms with E-state index in [1.165, 1.54) is 0 Å². The number of sulfonamides is 1. The van der Waals surface area contributed by atoms with Crippen LogP contribution in [0, 0.1) is 0 Å². The summed E-state index contributed by atoms with van der Waals surface area (Å²) in [7, 11) is -1.47. The molecule has 0 bridgehead atoms. The number of hydrogen-bond donors (Lipinski definition) is 2. The van der Waals surface area contributed by atoms with Gasteiger partial charge in [-0.05, 0) is 24.6 Å². The molecule has 0 radical (unpaired) electrons. The lowest BCUT2D eigenvalue weighted by atomic mass is 10.3. The lowest BCUT2D eigenvalue weighted by Crippen LogP contribution is -2.24. The Labute approximate surface area is 122 Å². The Hall–Kier alpha value is -1.38. The van der Waals surface area contributed by atoms with Crippen molar-refractivity contribution in [1.82, 2.24) is 9.71 Å². The van der Waals surface area contributed by atoms with Crippen LogP contribution in [0.5, 0.6) is 5.75 Å². The van der Waals surface area contributed by atoms with Crippen molar-refractivity contribution in [3.63, 3.8) is 0 Å². The van der Waals surface area contributed by atoms with E-state index in [1.54, 1.807) is 18.4 Å². The molecule has 2 N–H and O–H groups in total. The van der Waals surface area contributed by atoms with Crippen molar-refractivity contribution in [2.75, 3.05) is 31.8 Å². The minimum absolute atomic E-state index is 0.421. The number of hydrogen-bond acceptors (Lipinski definition) is 6. The van der Waals surface area contributed by atoms with Crippen molar-refractivity contribution in [2.45, 2.75) is 6.42 Å². The third kappa shape index (κ3) is 4.32. The molecule has 6 nitrogen and oxygen atoms in total. The van der Waals surface area contributed by atoms with E-state index in [0.717, 1.165) is 27.4 Å². The number of fused-ring (bicyclic) bond motifs is 1. The van der Waals surface area contributed by atoms with Gasteiger partial charge in [-0.1, -0.05) is 11.3 Å². The largest absolute Gasteiger partial charge is 0.497 e. The highest BCUT2D eigenvalue weighted by Crippen LogP contribution is 2.28. The second-order valence-electron chi connectivity index (χ2n) is 4.30. The maximum atomic E-state index is 10.9. The van der Waals surface area contributed by atoms with Gasteiger partial charge in [0.05, 0.1) is 23.6 Å². The number of ether oxygens (including phenoxy) is 1. The molecular weight excluding hydrogens is 298 g/mol. The summed E-state index contributed by atoms with van der Waals surface area (Å²) in [4.78, 5) is 4.45. The lowest BCUT2D eigenvalue weighted by molar-refractivity contribution is 0.415. The van der Waals surface area contributed by atoms with Crippen LogP contribution in [0.3, 0.4) is 0 Å². The summed E-state index contributed by atoms with van der Waals surface area (Å²) < 4.78 is 30.5. The maximum absolute atomic E-state index is 10.9. The minimum Gasteiger partial charge on any atom is -0.497 e. The third-order valence-electron chi connectivity index (χ3n) is 2.59. The normalized spacial score (nSPS) is 11.7. The number of benzene rings is 1. The van der Waals surface area contributed by atoms with Crippen LogP contribution in [0.1, 0.15) is 6.42 Å². The van der Waals surface area contributed by atoms with Crippen LogP contribution < -0.4 is 14.8 Å². The fourth-order valence-electron chi connectivity index (χ4n) is 1.65. The summed E-state index contributed by atoms with van der Waals surface area (Å²) in [6, 6.07) is 5.74. The predicted octanol–water partition coefficient (Wildman–Crippen LogP) is 1.66. The van der Waals surface area contributed by atoms with Gasteiger partial charge >= 0.3 is 0 Å². The molecule has 0 unspecified atom stereocenters. The standard InChI is InChI=1S/C12H17N3O3S2/c1-18-9-4-5-10-11(8-9)19-12(15-10)13-6-3-7-14-20(2,16)17/h4-5,8,14H,3,6-7H2,1-2H3,(H,13,15). The number of rotatable bonds is 7. The zero-order valence-electron chi connectivity index (χ0n) is 11.3. The van der Waals surface area contributed by atoms with Gasteiger partial charge in [-0.3, -0.25) is 0 Å². The molecule has 0 aliphatic rings. The van der Waals surface area contributed by atoms with E-state index in [1.807, 2.05) is 18.2 Å². The van der Waals surface area contributed by atoms with Gasteiger partial charge in [0.15, 0.2) is 5.13 Å². The zero-order valence-corrected chi connectivity index (χ0v) is 13.0. The van der Waals surface area contributed by atoms with Gasteiger partial charge in [-0.25, -0.2) is 18.1 Å². The van der Waals surface area contributed by atoms with Crippen molar-refractivity contribution in [1.29, 1.82) is 0 Å². The van der Waals surface area contributed by atoms with Crippen molar-refractivity contribution < 1.29 is 13.2 Å². The Kier molecular flexibility index (Phi) is 4.79. The smallest absolute Gasteiger partial charge is 0.208 e. The van der Waals surface area contributed by atoms with Crippen molar-refractivity contribution in [3.05, 3.63) is 18.2 Å². The van der Waals surface area contributed by atoms with E-state index >= 15 is 0 Å². The van der Waals surface area contributed by atoms with Gasteiger partial charge in [0, 0.05) is 13.1 Å². The number of nitrogens with zero attached hydrogens (tertiary/aromatic N) is 1. The first-order valence-electron chi connectivity index (χ1n) is 6.11. The highest BCUT2D eigenvalue weighted by atomic mass is 32.2. The van der Waals surface area contributed by atoms with Crippen LogP contribution in [0.15, 0.2) is 18.2 Å². The molecule has 2 aromatic rings. The number of aromatic nitrogens is 1. The molecule has 0 aliphatic heterocycles. The SMILES string of the molecule is COc1ccc2nc(NCCCNS(C)(=O)=O)sc2c1. The summed E-state index contributed by atoms with van der Waals surface area (Å²) in [5.41, 5.74) is 0.924. The van der Waals surface area contributed by atoms with Gasteiger partial charge in [0.25, 0.3) is 0 Å². The molecule has 20 heavy (non-hydrogen) atoms. The van der Waals surface area contributed by atoms with Gasteiger partial charge in [0.1, 0.15) is 5.75 Å². The molecule has 1 heterocycles. The highest BCUT2D eigenvalue weighted by molar-refractivity contribution is 7.88. The molecular formula is C12H17N3O3S2. The molecule has 1 aromatic carbocycles. The lowest BCUT2D eigenvalue weighted by Gasteiger charge is -2.03. The van der Waals surface area contributed by atoms with Crippen LogP contribution >= 0.6 is 11.3 Å². The predicted molar refractivity (Wildman–Crippen MR) is 82.1 cm³/mol. The molecule has 0 fully saturated rings. The molecule has 2 rings (SSSR count). The van der Waals surface area contributed by atoms with Crippen LogP contribution in [0.25, 0.3) is 10.2 Å². The van der Waals surface area contributed by atoms with Crippen LogP contribution in [0.2, 0.25) is 0 Å². The summed E-state index contributed by atoms with van der Waals surface area (Å²) in [5.74, 6) is 0.810. The van der Waals surface area contributed by atoms with E-state index in [4.69, 9.17) is 4.74 Å². The Morgan fingerprint density at radius 1 is 1.35 bits per heavy atom. The van der Waals surface area contributed by atoms with Crippen LogP contribution in [0.4, 0.5) is 5.13 Å². The Bertz CT molecular complexity index is 682. The van der Waals surface area contributed by atoms with E-state index in [0.29, 0.717) is 19.5 Å². The fraction of sp³-hybridized carbons (Fsp3) is 0.417. The van der Waals surface area contributed by atoms with E-state index < -0.39 is 10.0 Å². The molecule has 0 amide bonds. The van der Waals surface area contributed by atoms with Gasteiger partial charge in [-0.2, -0.15) is 0 Å². The monoisotopic (exact) mass is 315 g/mol. The van der Waals surface area contributed by atoms with Gasteiger partial charge < -0.3 is 10.1 Å². The minimum atomic E-state index is -3.10. The summed E-state index contributed by atoms with van der Waals surface area (Å²) >= 11 is 1.55. The number of methoxy groups -OCH3 is 1. The molecule has 0 spiro atoms. The molecule has 0 aliphatic carbocycles. The Balaban J connectivity index is 1.87. The molecule has 8 heteroatoms. The molecule has 1 aromatic heterocycles. The number of anilines is 1. The van der Waals surface area contributed by atoms with Crippen LogP contribution in [-0.2, 0) is 10.0 Å². The van der Waals surface area contributed by atoms with E-state index in [2.05, 4.69) is 15.0 Å². The van der Waals surface area contributed by atoms with Crippen molar-refractivity contribution in [3.8, 4) is 5.75 Å². The quantitative estimate of drug-likeness (QED) is 0.760. The Morgan fingerprint density at radius 2 is 2.15 bits per heavy atom. The average Bonchev–Trinajstić information content (AvgIpc) is 2.78. The highest BCUT2D eigenvalue weighted by Gasteiger charge is 2.05.